The summed E-state index contributed by atoms with van der Waals surface area (Å²) in [6.45, 7) is 14.7. The van der Waals surface area contributed by atoms with Gasteiger partial charge < -0.3 is 10.1 Å². The minimum Gasteiger partial charge on any atom is -0.379 e. The maximum Gasteiger partial charge on any atom is 0.0594 e. The molecule has 0 bridgehead atoms. The Labute approximate surface area is 123 Å². The molecule has 3 nitrogen and oxygen atoms in total. The average Bonchev–Trinajstić information content (AvgIpc) is 2.39. The van der Waals surface area contributed by atoms with Crippen LogP contribution >= 0.6 is 0 Å². The molecular weight excluding hydrogens is 248 g/mol. The Morgan fingerprint density at radius 2 is 1.75 bits per heavy atom. The van der Waals surface area contributed by atoms with E-state index in [0.717, 1.165) is 39.4 Å². The summed E-state index contributed by atoms with van der Waals surface area (Å²) in [5.74, 6) is 0. The van der Waals surface area contributed by atoms with Crippen molar-refractivity contribution in [2.24, 2.45) is 0 Å². The Morgan fingerprint density at radius 3 is 2.30 bits per heavy atom. The molecule has 1 heterocycles. The summed E-state index contributed by atoms with van der Waals surface area (Å²) < 4.78 is 5.45. The smallest absolute Gasteiger partial charge is 0.0594 e. The van der Waals surface area contributed by atoms with E-state index in [1.165, 1.54) is 22.3 Å². The molecule has 1 aromatic rings. The molecule has 1 saturated heterocycles. The predicted octanol–water partition coefficient (Wildman–Crippen LogP) is 2.59. The minimum atomic E-state index is 0.415. The fourth-order valence-corrected chi connectivity index (χ4v) is 3.29. The van der Waals surface area contributed by atoms with Crippen LogP contribution in [0.5, 0.6) is 0 Å². The largest absolute Gasteiger partial charge is 0.379 e. The van der Waals surface area contributed by atoms with Crippen LogP contribution in [0, 0.1) is 20.8 Å². The van der Waals surface area contributed by atoms with Crippen LogP contribution in [-0.4, -0.2) is 44.3 Å². The Hall–Kier alpha value is -0.900. The van der Waals surface area contributed by atoms with E-state index in [-0.39, 0.29) is 0 Å². The van der Waals surface area contributed by atoms with Gasteiger partial charge in [0.05, 0.1) is 13.2 Å². The van der Waals surface area contributed by atoms with Gasteiger partial charge in [-0.05, 0) is 44.0 Å². The third kappa shape index (κ3) is 3.81. The summed E-state index contributed by atoms with van der Waals surface area (Å²) in [7, 11) is 0. The van der Waals surface area contributed by atoms with Crippen LogP contribution in [0.15, 0.2) is 12.1 Å². The molecule has 0 saturated carbocycles. The van der Waals surface area contributed by atoms with Gasteiger partial charge in [0.2, 0.25) is 0 Å². The van der Waals surface area contributed by atoms with Crippen molar-refractivity contribution in [1.82, 2.24) is 10.2 Å². The molecule has 1 aliphatic heterocycles. The molecule has 1 aliphatic rings. The topological polar surface area (TPSA) is 24.5 Å². The highest BCUT2D eigenvalue weighted by Gasteiger charge is 2.20. The Morgan fingerprint density at radius 1 is 1.15 bits per heavy atom. The standard InChI is InChI=1S/C17H28N2O/c1-5-18-16(12-19-6-8-20-9-7-19)17-14(3)10-13(2)11-15(17)4/h10-11,16,18H,5-9,12H2,1-4H3. The number of nitrogens with zero attached hydrogens (tertiary/aromatic N) is 1. The molecule has 2 rings (SSSR count). The van der Waals surface area contributed by atoms with Crippen molar-refractivity contribution in [3.05, 3.63) is 34.4 Å². The van der Waals surface area contributed by atoms with E-state index in [2.05, 4.69) is 50.0 Å². The molecule has 3 heteroatoms. The van der Waals surface area contributed by atoms with Crippen LogP contribution in [0.2, 0.25) is 0 Å². The van der Waals surface area contributed by atoms with Gasteiger partial charge in [-0.25, -0.2) is 0 Å². The fourth-order valence-electron chi connectivity index (χ4n) is 3.29. The summed E-state index contributed by atoms with van der Waals surface area (Å²) in [5.41, 5.74) is 5.64. The molecular formula is C17H28N2O. The van der Waals surface area contributed by atoms with E-state index in [0.29, 0.717) is 6.04 Å². The first-order valence-electron chi connectivity index (χ1n) is 7.73. The van der Waals surface area contributed by atoms with Crippen molar-refractivity contribution in [2.45, 2.75) is 33.7 Å². The second-order valence-corrected chi connectivity index (χ2v) is 5.84. The van der Waals surface area contributed by atoms with Gasteiger partial charge in [0, 0.05) is 25.7 Å². The Kier molecular flexibility index (Phi) is 5.58. The Balaban J connectivity index is 2.19. The van der Waals surface area contributed by atoms with E-state index in [9.17, 15) is 0 Å². The molecule has 20 heavy (non-hydrogen) atoms. The van der Waals surface area contributed by atoms with Crippen molar-refractivity contribution in [1.29, 1.82) is 0 Å². The highest BCUT2D eigenvalue weighted by Crippen LogP contribution is 2.24. The van der Waals surface area contributed by atoms with Crippen molar-refractivity contribution in [3.63, 3.8) is 0 Å². The summed E-state index contributed by atoms with van der Waals surface area (Å²) in [5, 5.41) is 3.66. The number of morpholine rings is 1. The van der Waals surface area contributed by atoms with Gasteiger partial charge in [0.1, 0.15) is 0 Å². The molecule has 1 N–H and O–H groups in total. The molecule has 0 radical (unpaired) electrons. The molecule has 1 atom stereocenters. The van der Waals surface area contributed by atoms with Crippen LogP contribution in [-0.2, 0) is 4.74 Å². The van der Waals surface area contributed by atoms with Crippen LogP contribution in [0.1, 0.15) is 35.2 Å². The van der Waals surface area contributed by atoms with Gasteiger partial charge in [-0.3, -0.25) is 4.90 Å². The summed E-state index contributed by atoms with van der Waals surface area (Å²) in [6, 6.07) is 5.01. The van der Waals surface area contributed by atoms with E-state index in [1.54, 1.807) is 0 Å². The molecule has 112 valence electrons. The van der Waals surface area contributed by atoms with Crippen LogP contribution in [0.25, 0.3) is 0 Å². The van der Waals surface area contributed by atoms with Crippen molar-refractivity contribution < 1.29 is 4.74 Å². The van der Waals surface area contributed by atoms with Gasteiger partial charge in [0.25, 0.3) is 0 Å². The van der Waals surface area contributed by atoms with Crippen LogP contribution in [0.3, 0.4) is 0 Å². The zero-order valence-corrected chi connectivity index (χ0v) is 13.3. The first-order chi connectivity index (χ1) is 9.61. The number of hydrogen-bond acceptors (Lipinski definition) is 3. The molecule has 1 aromatic carbocycles. The van der Waals surface area contributed by atoms with Gasteiger partial charge in [-0.1, -0.05) is 24.6 Å². The first kappa shape index (κ1) is 15.5. The fraction of sp³-hybridized carbons (Fsp3) is 0.647. The van der Waals surface area contributed by atoms with Gasteiger partial charge >= 0.3 is 0 Å². The highest BCUT2D eigenvalue weighted by atomic mass is 16.5. The third-order valence-corrected chi connectivity index (χ3v) is 4.08. The molecule has 0 spiro atoms. The Bertz CT molecular complexity index is 416. The molecule has 0 aliphatic carbocycles. The number of rotatable bonds is 5. The number of hydrogen-bond donors (Lipinski definition) is 1. The molecule has 1 unspecified atom stereocenters. The summed E-state index contributed by atoms with van der Waals surface area (Å²) in [6.07, 6.45) is 0. The van der Waals surface area contributed by atoms with E-state index < -0.39 is 0 Å². The zero-order valence-electron chi connectivity index (χ0n) is 13.3. The van der Waals surface area contributed by atoms with E-state index in [4.69, 9.17) is 4.74 Å². The second kappa shape index (κ2) is 7.21. The lowest BCUT2D eigenvalue weighted by Crippen LogP contribution is -2.42. The maximum atomic E-state index is 5.45. The van der Waals surface area contributed by atoms with Crippen LogP contribution in [0.4, 0.5) is 0 Å². The van der Waals surface area contributed by atoms with Crippen LogP contribution < -0.4 is 5.32 Å². The van der Waals surface area contributed by atoms with Crippen molar-refractivity contribution in [2.75, 3.05) is 39.4 Å². The highest BCUT2D eigenvalue weighted by molar-refractivity contribution is 5.39. The monoisotopic (exact) mass is 276 g/mol. The number of benzene rings is 1. The van der Waals surface area contributed by atoms with Gasteiger partial charge in [0.15, 0.2) is 0 Å². The van der Waals surface area contributed by atoms with E-state index >= 15 is 0 Å². The lowest BCUT2D eigenvalue weighted by molar-refractivity contribution is 0.0334. The number of ether oxygens (including phenoxy) is 1. The average molecular weight is 276 g/mol. The quantitative estimate of drug-likeness (QED) is 0.894. The minimum absolute atomic E-state index is 0.415. The summed E-state index contributed by atoms with van der Waals surface area (Å²) in [4.78, 5) is 2.51. The van der Waals surface area contributed by atoms with Crippen molar-refractivity contribution in [3.8, 4) is 0 Å². The molecule has 0 aromatic heterocycles. The maximum absolute atomic E-state index is 5.45. The summed E-state index contributed by atoms with van der Waals surface area (Å²) >= 11 is 0. The number of aryl methyl sites for hydroxylation is 3. The molecule has 1 fully saturated rings. The van der Waals surface area contributed by atoms with Gasteiger partial charge in [-0.2, -0.15) is 0 Å². The van der Waals surface area contributed by atoms with Gasteiger partial charge in [-0.15, -0.1) is 0 Å². The lowest BCUT2D eigenvalue weighted by atomic mass is 9.93. The number of nitrogens with one attached hydrogen (secondary N) is 1. The SMILES string of the molecule is CCNC(CN1CCOCC1)c1c(C)cc(C)cc1C. The predicted molar refractivity (Wildman–Crippen MR) is 84.3 cm³/mol. The lowest BCUT2D eigenvalue weighted by Gasteiger charge is -2.32. The zero-order chi connectivity index (χ0) is 14.5. The normalized spacial score (nSPS) is 18.2. The first-order valence-corrected chi connectivity index (χ1v) is 7.73. The number of likely N-dealkylation sites (N-methyl/N-ethyl adjacent to an activating group) is 1. The second-order valence-electron chi connectivity index (χ2n) is 5.84. The van der Waals surface area contributed by atoms with E-state index in [1.807, 2.05) is 0 Å². The molecule has 0 amide bonds. The third-order valence-electron chi connectivity index (χ3n) is 4.08. The van der Waals surface area contributed by atoms with Crippen molar-refractivity contribution >= 4 is 0 Å².